The molecule has 1 fully saturated rings. The lowest BCUT2D eigenvalue weighted by molar-refractivity contribution is 0.204. The second kappa shape index (κ2) is 9.87. The molecule has 3 N–H and O–H groups in total. The zero-order valence-corrected chi connectivity index (χ0v) is 22.2. The molecule has 2 aromatic heterocycles. The molecular formula is C27H28ClN2O6P. The van der Waals surface area contributed by atoms with Crippen molar-refractivity contribution < 1.29 is 28.9 Å². The molecule has 1 atom stereocenters. The molecule has 10 heteroatoms. The minimum atomic E-state index is -4.00. The van der Waals surface area contributed by atoms with Gasteiger partial charge in [-0.1, -0.05) is 41.9 Å². The maximum atomic E-state index is 12.6. The van der Waals surface area contributed by atoms with Gasteiger partial charge >= 0.3 is 7.60 Å². The number of benzene rings is 2. The van der Waals surface area contributed by atoms with Gasteiger partial charge in [0.05, 0.1) is 40.3 Å². The van der Waals surface area contributed by atoms with Crippen molar-refractivity contribution in [2.24, 2.45) is 0 Å². The smallest absolute Gasteiger partial charge is 0.359 e. The Balaban J connectivity index is 1.50. The Morgan fingerprint density at radius 1 is 1.11 bits per heavy atom. The first-order chi connectivity index (χ1) is 17.7. The summed E-state index contributed by atoms with van der Waals surface area (Å²) in [5.41, 5.74) is 4.16. The lowest BCUT2D eigenvalue weighted by Gasteiger charge is -2.15. The van der Waals surface area contributed by atoms with Crippen LogP contribution in [0.4, 0.5) is 0 Å². The van der Waals surface area contributed by atoms with E-state index in [9.17, 15) is 19.7 Å². The van der Waals surface area contributed by atoms with Gasteiger partial charge in [-0.25, -0.2) is 4.98 Å². The Morgan fingerprint density at radius 2 is 1.84 bits per heavy atom. The molecule has 37 heavy (non-hydrogen) atoms. The maximum Gasteiger partial charge on any atom is 0.359 e. The highest BCUT2D eigenvalue weighted by molar-refractivity contribution is 7.61. The van der Waals surface area contributed by atoms with Gasteiger partial charge in [-0.15, -0.1) is 0 Å². The summed E-state index contributed by atoms with van der Waals surface area (Å²) in [4.78, 5) is 15.1. The van der Waals surface area contributed by atoms with Crippen molar-refractivity contribution in [3.63, 3.8) is 0 Å². The van der Waals surface area contributed by atoms with Crippen molar-refractivity contribution in [1.82, 2.24) is 9.55 Å². The number of nitrogens with zero attached hydrogens (tertiary/aromatic N) is 2. The molecule has 2 heterocycles. The van der Waals surface area contributed by atoms with Crippen molar-refractivity contribution in [3.05, 3.63) is 70.7 Å². The van der Waals surface area contributed by atoms with Crippen LogP contribution in [0.1, 0.15) is 30.9 Å². The van der Waals surface area contributed by atoms with E-state index >= 15 is 0 Å². The van der Waals surface area contributed by atoms with E-state index in [-0.39, 0.29) is 30.7 Å². The minimum absolute atomic E-state index is 0.0941. The van der Waals surface area contributed by atoms with E-state index in [1.807, 2.05) is 24.3 Å². The van der Waals surface area contributed by atoms with Crippen molar-refractivity contribution in [3.8, 4) is 22.9 Å². The first-order valence-corrected chi connectivity index (χ1v) is 14.0. The van der Waals surface area contributed by atoms with Crippen LogP contribution in [0.3, 0.4) is 0 Å². The van der Waals surface area contributed by atoms with Crippen molar-refractivity contribution in [2.45, 2.75) is 38.8 Å². The molecule has 5 rings (SSSR count). The molecule has 194 valence electrons. The molecular weight excluding hydrogens is 515 g/mol. The van der Waals surface area contributed by atoms with E-state index in [4.69, 9.17) is 25.8 Å². The fourth-order valence-electron chi connectivity index (χ4n) is 4.56. The minimum Gasteiger partial charge on any atom is -0.441 e. The summed E-state index contributed by atoms with van der Waals surface area (Å²) >= 11 is 6.61. The lowest BCUT2D eigenvalue weighted by atomic mass is 9.95. The summed E-state index contributed by atoms with van der Waals surface area (Å²) in [6, 6.07) is 16.1. The second-order valence-corrected chi connectivity index (χ2v) is 11.5. The molecule has 1 aliphatic carbocycles. The van der Waals surface area contributed by atoms with Gasteiger partial charge in [-0.3, -0.25) is 9.13 Å². The van der Waals surface area contributed by atoms with E-state index in [0.29, 0.717) is 38.9 Å². The fraction of sp³-hybridized carbons (Fsp3) is 0.296. The number of rotatable bonds is 9. The molecule has 1 saturated carbocycles. The van der Waals surface area contributed by atoms with Crippen LogP contribution in [-0.2, 0) is 21.2 Å². The Kier molecular flexibility index (Phi) is 6.92. The molecule has 1 unspecified atom stereocenters. The topological polar surface area (TPSA) is 114 Å². The van der Waals surface area contributed by atoms with E-state index in [0.717, 1.165) is 24.0 Å². The van der Waals surface area contributed by atoms with Crippen LogP contribution in [0.5, 0.6) is 11.6 Å². The third kappa shape index (κ3) is 4.81. The first-order valence-electron chi connectivity index (χ1n) is 12.0. The summed E-state index contributed by atoms with van der Waals surface area (Å²) in [7, 11) is -4.00. The van der Waals surface area contributed by atoms with Crippen LogP contribution in [0.2, 0.25) is 5.02 Å². The predicted molar refractivity (Wildman–Crippen MR) is 143 cm³/mol. The van der Waals surface area contributed by atoms with Crippen LogP contribution in [-0.4, -0.2) is 37.9 Å². The average Bonchev–Trinajstić information content (AvgIpc) is 3.61. The van der Waals surface area contributed by atoms with Crippen molar-refractivity contribution in [2.75, 3.05) is 13.2 Å². The molecule has 4 aromatic rings. The Morgan fingerprint density at radius 3 is 2.46 bits per heavy atom. The number of hydrogen-bond donors (Lipinski definition) is 3. The SMILES string of the molecule is CCOP(=O)(O)c1cc(Oc2cc3nc(-c4ccc(C5(CO)CC5)cc4)c(Cl)cc3n2CO)ccc1C. The van der Waals surface area contributed by atoms with E-state index in [2.05, 4.69) is 0 Å². The van der Waals surface area contributed by atoms with Crippen LogP contribution < -0.4 is 10.0 Å². The molecule has 0 amide bonds. The third-order valence-electron chi connectivity index (χ3n) is 6.88. The van der Waals surface area contributed by atoms with Gasteiger partial charge in [0.1, 0.15) is 12.5 Å². The van der Waals surface area contributed by atoms with Gasteiger partial charge in [0.2, 0.25) is 5.88 Å². The van der Waals surface area contributed by atoms with Gasteiger partial charge < -0.3 is 24.4 Å². The summed E-state index contributed by atoms with van der Waals surface area (Å²) in [6.45, 7) is 3.22. The van der Waals surface area contributed by atoms with Gasteiger partial charge in [0.25, 0.3) is 0 Å². The van der Waals surface area contributed by atoms with E-state index < -0.39 is 7.60 Å². The summed E-state index contributed by atoms with van der Waals surface area (Å²) in [5, 5.41) is 20.4. The molecule has 0 radical (unpaired) electrons. The average molecular weight is 543 g/mol. The van der Waals surface area contributed by atoms with Gasteiger partial charge in [0, 0.05) is 17.0 Å². The Bertz CT molecular complexity index is 1510. The molecule has 2 aromatic carbocycles. The van der Waals surface area contributed by atoms with Crippen molar-refractivity contribution >= 4 is 35.5 Å². The van der Waals surface area contributed by atoms with Gasteiger partial charge in [0.15, 0.2) is 0 Å². The molecule has 0 saturated heterocycles. The molecule has 8 nitrogen and oxygen atoms in total. The normalized spacial score (nSPS) is 16.1. The molecule has 1 aliphatic rings. The number of hydrogen-bond acceptors (Lipinski definition) is 6. The highest BCUT2D eigenvalue weighted by atomic mass is 35.5. The van der Waals surface area contributed by atoms with Crippen molar-refractivity contribution in [1.29, 1.82) is 0 Å². The van der Waals surface area contributed by atoms with Crippen LogP contribution in [0.15, 0.2) is 54.6 Å². The highest BCUT2D eigenvalue weighted by Gasteiger charge is 2.43. The van der Waals surface area contributed by atoms with Crippen LogP contribution in [0.25, 0.3) is 22.3 Å². The molecule has 0 spiro atoms. The van der Waals surface area contributed by atoms with Gasteiger partial charge in [-0.2, -0.15) is 0 Å². The monoisotopic (exact) mass is 542 g/mol. The number of fused-ring (bicyclic) bond motifs is 1. The fourth-order valence-corrected chi connectivity index (χ4v) is 6.11. The maximum absolute atomic E-state index is 12.6. The Labute approximate surface area is 219 Å². The largest absolute Gasteiger partial charge is 0.441 e. The lowest BCUT2D eigenvalue weighted by Crippen LogP contribution is -2.11. The number of aliphatic hydroxyl groups excluding tert-OH is 2. The third-order valence-corrected chi connectivity index (χ3v) is 8.87. The van der Waals surface area contributed by atoms with Crippen LogP contribution in [0, 0.1) is 6.92 Å². The highest BCUT2D eigenvalue weighted by Crippen LogP contribution is 2.48. The zero-order chi connectivity index (χ0) is 26.4. The zero-order valence-electron chi connectivity index (χ0n) is 20.5. The Hall–Kier alpha value is -2.71. The number of ether oxygens (including phenoxy) is 1. The summed E-state index contributed by atoms with van der Waals surface area (Å²) in [5.74, 6) is 0.609. The number of pyridine rings is 1. The van der Waals surface area contributed by atoms with Crippen LogP contribution >= 0.6 is 19.2 Å². The predicted octanol–water partition coefficient (Wildman–Crippen LogP) is 5.28. The number of aliphatic hydroxyl groups is 2. The number of aromatic nitrogens is 2. The summed E-state index contributed by atoms with van der Waals surface area (Å²) < 4.78 is 25.2. The second-order valence-electron chi connectivity index (χ2n) is 9.28. The van der Waals surface area contributed by atoms with E-state index in [1.165, 1.54) is 10.6 Å². The number of aryl methyl sites for hydroxylation is 1. The first kappa shape index (κ1) is 25.9. The quantitative estimate of drug-likeness (QED) is 0.247. The van der Waals surface area contributed by atoms with Gasteiger partial charge in [-0.05, 0) is 56.0 Å². The standard InChI is InChI=1S/C27H28ClN2O6P/c1-3-35-37(33,34)24-12-20(9-4-17(24)2)36-25-14-22-23(30(25)16-32)13-21(28)26(29-22)18-5-7-19(8-6-18)27(15-31)10-11-27/h4-9,12-14,31-32H,3,10-11,15-16H2,1-2H3,(H,33,34). The summed E-state index contributed by atoms with van der Waals surface area (Å²) in [6.07, 6.45) is 1.96. The van der Waals surface area contributed by atoms with E-state index in [1.54, 1.807) is 38.1 Å². The molecule has 0 bridgehead atoms. The number of halogens is 1. The molecule has 0 aliphatic heterocycles.